The van der Waals surface area contributed by atoms with E-state index in [2.05, 4.69) is 19.9 Å². The summed E-state index contributed by atoms with van der Waals surface area (Å²) >= 11 is 6.09. The molecule has 7 nitrogen and oxygen atoms in total. The van der Waals surface area contributed by atoms with Gasteiger partial charge in [0.2, 0.25) is 5.28 Å². The van der Waals surface area contributed by atoms with Gasteiger partial charge in [0.1, 0.15) is 0 Å². The lowest BCUT2D eigenvalue weighted by molar-refractivity contribution is 0.0665. The van der Waals surface area contributed by atoms with Crippen molar-refractivity contribution in [3.63, 3.8) is 0 Å². The van der Waals surface area contributed by atoms with E-state index in [-0.39, 0.29) is 5.28 Å². The topological polar surface area (TPSA) is 76.3 Å². The maximum atomic E-state index is 9.89. The molecule has 0 unspecified atom stereocenters. The Bertz CT molecular complexity index is 661. The first-order chi connectivity index (χ1) is 10.4. The molecular formula is C14H20ClN5O2. The van der Waals surface area contributed by atoms with Gasteiger partial charge < -0.3 is 19.3 Å². The minimum atomic E-state index is -0.736. The number of hydrogen-bond acceptors (Lipinski definition) is 6. The molecule has 2 aromatic heterocycles. The fourth-order valence-corrected chi connectivity index (χ4v) is 2.62. The monoisotopic (exact) mass is 325 g/mol. The molecule has 1 aliphatic rings. The highest BCUT2D eigenvalue weighted by Gasteiger charge is 2.21. The van der Waals surface area contributed by atoms with Crippen molar-refractivity contribution in [1.82, 2.24) is 19.5 Å². The summed E-state index contributed by atoms with van der Waals surface area (Å²) in [6, 6.07) is 0. The second-order valence-corrected chi connectivity index (χ2v) is 6.43. The average Bonchev–Trinajstić information content (AvgIpc) is 2.87. The number of halogens is 1. The number of hydrogen-bond donors (Lipinski definition) is 1. The zero-order chi connectivity index (χ0) is 15.7. The predicted octanol–water partition coefficient (Wildman–Crippen LogP) is 1.48. The van der Waals surface area contributed by atoms with Crippen LogP contribution in [0.5, 0.6) is 0 Å². The van der Waals surface area contributed by atoms with Crippen LogP contribution in [0.2, 0.25) is 5.28 Å². The summed E-state index contributed by atoms with van der Waals surface area (Å²) in [7, 11) is 0. The van der Waals surface area contributed by atoms with Crippen LogP contribution in [0.3, 0.4) is 0 Å². The molecule has 0 bridgehead atoms. The summed E-state index contributed by atoms with van der Waals surface area (Å²) in [5, 5.41) is 10.1. The third-order valence-corrected chi connectivity index (χ3v) is 3.86. The maximum Gasteiger partial charge on any atom is 0.226 e. The maximum absolute atomic E-state index is 9.89. The van der Waals surface area contributed by atoms with Gasteiger partial charge in [-0.05, 0) is 31.9 Å². The molecule has 1 aliphatic heterocycles. The molecule has 2 aromatic rings. The molecule has 0 amide bonds. The van der Waals surface area contributed by atoms with Gasteiger partial charge in [0.15, 0.2) is 17.0 Å². The zero-order valence-electron chi connectivity index (χ0n) is 12.8. The van der Waals surface area contributed by atoms with Crippen molar-refractivity contribution in [2.45, 2.75) is 32.4 Å². The van der Waals surface area contributed by atoms with Crippen LogP contribution >= 0.6 is 11.6 Å². The van der Waals surface area contributed by atoms with Crippen molar-refractivity contribution in [3.8, 4) is 0 Å². The van der Waals surface area contributed by atoms with Crippen LogP contribution in [0.1, 0.15) is 20.3 Å². The Kier molecular flexibility index (Phi) is 4.20. The van der Waals surface area contributed by atoms with Gasteiger partial charge in [0.05, 0.1) is 25.1 Å². The molecule has 0 spiro atoms. The second-order valence-electron chi connectivity index (χ2n) is 6.09. The largest absolute Gasteiger partial charge is 0.390 e. The number of aromatic nitrogens is 4. The predicted molar refractivity (Wildman–Crippen MR) is 84.3 cm³/mol. The Labute approximate surface area is 133 Å². The second kappa shape index (κ2) is 5.98. The number of morpholine rings is 1. The smallest absolute Gasteiger partial charge is 0.226 e. The molecule has 0 aliphatic carbocycles. The van der Waals surface area contributed by atoms with E-state index >= 15 is 0 Å². The summed E-state index contributed by atoms with van der Waals surface area (Å²) in [6.45, 7) is 7.05. The summed E-state index contributed by atoms with van der Waals surface area (Å²) in [6.07, 6.45) is 2.33. The summed E-state index contributed by atoms with van der Waals surface area (Å²) in [4.78, 5) is 15.2. The molecule has 3 heterocycles. The van der Waals surface area contributed by atoms with E-state index in [1.165, 1.54) is 0 Å². The number of anilines is 1. The third kappa shape index (κ3) is 3.31. The van der Waals surface area contributed by atoms with Crippen LogP contribution in [-0.4, -0.2) is 56.5 Å². The molecule has 3 rings (SSSR count). The molecule has 120 valence electrons. The van der Waals surface area contributed by atoms with E-state index in [1.54, 1.807) is 20.2 Å². The first kappa shape index (κ1) is 15.5. The van der Waals surface area contributed by atoms with E-state index in [0.29, 0.717) is 31.8 Å². The number of rotatable bonds is 4. The lowest BCUT2D eigenvalue weighted by atomic mass is 10.1. The minimum Gasteiger partial charge on any atom is -0.390 e. The van der Waals surface area contributed by atoms with Gasteiger partial charge in [-0.25, -0.2) is 4.98 Å². The standard InChI is InChI=1S/C14H20ClN5O2/c1-14(2,21)3-4-20-9-16-10-11(17-13(15)18-12(10)20)19-5-7-22-8-6-19/h9,21H,3-8H2,1-2H3. The van der Waals surface area contributed by atoms with E-state index in [9.17, 15) is 5.11 Å². The van der Waals surface area contributed by atoms with Crippen LogP contribution in [0.4, 0.5) is 5.82 Å². The summed E-state index contributed by atoms with van der Waals surface area (Å²) in [5.74, 6) is 0.750. The molecule has 1 N–H and O–H groups in total. The number of aliphatic hydroxyl groups is 1. The quantitative estimate of drug-likeness (QED) is 0.858. The van der Waals surface area contributed by atoms with E-state index < -0.39 is 5.60 Å². The van der Waals surface area contributed by atoms with Gasteiger partial charge in [-0.2, -0.15) is 9.97 Å². The molecule has 0 saturated carbocycles. The SMILES string of the molecule is CC(C)(O)CCn1cnc2c(N3CCOCC3)nc(Cl)nc21. The highest BCUT2D eigenvalue weighted by molar-refractivity contribution is 6.28. The first-order valence-electron chi connectivity index (χ1n) is 7.37. The van der Waals surface area contributed by atoms with E-state index in [1.807, 2.05) is 4.57 Å². The first-order valence-corrected chi connectivity index (χ1v) is 7.75. The van der Waals surface area contributed by atoms with Gasteiger partial charge in [0, 0.05) is 19.6 Å². The van der Waals surface area contributed by atoms with Crippen LogP contribution in [0.25, 0.3) is 11.2 Å². The molecule has 0 aromatic carbocycles. The number of aryl methyl sites for hydroxylation is 1. The number of fused-ring (bicyclic) bond motifs is 1. The lowest BCUT2D eigenvalue weighted by Crippen LogP contribution is -2.37. The van der Waals surface area contributed by atoms with Gasteiger partial charge >= 0.3 is 0 Å². The highest BCUT2D eigenvalue weighted by atomic mass is 35.5. The summed E-state index contributed by atoms with van der Waals surface area (Å²) in [5.41, 5.74) is 0.702. The van der Waals surface area contributed by atoms with Crippen molar-refractivity contribution < 1.29 is 9.84 Å². The van der Waals surface area contributed by atoms with Crippen molar-refractivity contribution in [2.75, 3.05) is 31.2 Å². The minimum absolute atomic E-state index is 0.207. The molecule has 22 heavy (non-hydrogen) atoms. The van der Waals surface area contributed by atoms with E-state index in [0.717, 1.165) is 24.4 Å². The van der Waals surface area contributed by atoms with Crippen molar-refractivity contribution >= 4 is 28.6 Å². The Balaban J connectivity index is 1.95. The fourth-order valence-electron chi connectivity index (χ4n) is 2.46. The molecular weight excluding hydrogens is 306 g/mol. The van der Waals surface area contributed by atoms with Gasteiger partial charge in [0.25, 0.3) is 0 Å². The normalized spacial score (nSPS) is 16.5. The highest BCUT2D eigenvalue weighted by Crippen LogP contribution is 2.25. The fraction of sp³-hybridized carbons (Fsp3) is 0.643. The van der Waals surface area contributed by atoms with Crippen LogP contribution in [0, 0.1) is 0 Å². The zero-order valence-corrected chi connectivity index (χ0v) is 13.5. The number of nitrogens with zero attached hydrogens (tertiary/aromatic N) is 5. The molecule has 0 atom stereocenters. The Hall–Kier alpha value is -1.44. The van der Waals surface area contributed by atoms with Crippen molar-refractivity contribution in [2.24, 2.45) is 0 Å². The third-order valence-electron chi connectivity index (χ3n) is 3.69. The van der Waals surface area contributed by atoms with Crippen LogP contribution < -0.4 is 4.90 Å². The van der Waals surface area contributed by atoms with Crippen molar-refractivity contribution in [3.05, 3.63) is 11.6 Å². The average molecular weight is 326 g/mol. The molecule has 0 radical (unpaired) electrons. The lowest BCUT2D eigenvalue weighted by Gasteiger charge is -2.27. The van der Waals surface area contributed by atoms with Crippen LogP contribution in [-0.2, 0) is 11.3 Å². The summed E-state index contributed by atoms with van der Waals surface area (Å²) < 4.78 is 7.28. The van der Waals surface area contributed by atoms with Gasteiger partial charge in [-0.1, -0.05) is 0 Å². The Morgan fingerprint density at radius 2 is 2.05 bits per heavy atom. The van der Waals surface area contributed by atoms with Gasteiger partial charge in [-0.3, -0.25) is 0 Å². The van der Waals surface area contributed by atoms with Crippen LogP contribution in [0.15, 0.2) is 6.33 Å². The molecule has 8 heteroatoms. The Morgan fingerprint density at radius 3 is 2.73 bits per heavy atom. The van der Waals surface area contributed by atoms with E-state index in [4.69, 9.17) is 16.3 Å². The van der Waals surface area contributed by atoms with Gasteiger partial charge in [-0.15, -0.1) is 0 Å². The Morgan fingerprint density at radius 1 is 1.32 bits per heavy atom. The van der Waals surface area contributed by atoms with Crippen molar-refractivity contribution in [1.29, 1.82) is 0 Å². The number of imidazole rings is 1. The molecule has 1 saturated heterocycles. The molecule has 1 fully saturated rings. The number of ether oxygens (including phenoxy) is 1.